The highest BCUT2D eigenvalue weighted by Gasteiger charge is 2.44. The fourth-order valence-electron chi connectivity index (χ4n) is 3.69. The number of carbonyl (C=O) groups is 1. The van der Waals surface area contributed by atoms with E-state index < -0.39 is 0 Å². The van der Waals surface area contributed by atoms with Crippen molar-refractivity contribution in [1.82, 2.24) is 10.2 Å². The van der Waals surface area contributed by atoms with Gasteiger partial charge in [0.25, 0.3) is 0 Å². The van der Waals surface area contributed by atoms with Crippen LogP contribution in [0.25, 0.3) is 0 Å². The molecule has 2 aromatic carbocycles. The third-order valence-electron chi connectivity index (χ3n) is 5.55. The van der Waals surface area contributed by atoms with Crippen LogP contribution in [0.3, 0.4) is 0 Å². The molecule has 1 N–H and O–H groups in total. The Balaban J connectivity index is 1.37. The highest BCUT2D eigenvalue weighted by molar-refractivity contribution is 5.74. The number of fused-ring (bicyclic) bond motifs is 1. The summed E-state index contributed by atoms with van der Waals surface area (Å²) in [6, 6.07) is 16.7. The SMILES string of the molecule is COc1ccc(C2(CNC(=O)N3CCc4ccccc4C3)CC2)cc1. The largest absolute Gasteiger partial charge is 0.497 e. The monoisotopic (exact) mass is 336 g/mol. The van der Waals surface area contributed by atoms with E-state index in [1.165, 1.54) is 16.7 Å². The average molecular weight is 336 g/mol. The number of benzene rings is 2. The van der Waals surface area contributed by atoms with Crippen molar-refractivity contribution in [3.8, 4) is 5.75 Å². The Bertz CT molecular complexity index is 766. The molecule has 1 fully saturated rings. The minimum atomic E-state index is 0.0503. The van der Waals surface area contributed by atoms with Gasteiger partial charge in [-0.25, -0.2) is 4.79 Å². The molecule has 2 amide bonds. The molecule has 1 heterocycles. The lowest BCUT2D eigenvalue weighted by Gasteiger charge is -2.29. The topological polar surface area (TPSA) is 41.6 Å². The summed E-state index contributed by atoms with van der Waals surface area (Å²) in [5.41, 5.74) is 4.02. The molecule has 4 rings (SSSR count). The molecule has 0 unspecified atom stereocenters. The summed E-state index contributed by atoms with van der Waals surface area (Å²) >= 11 is 0. The van der Waals surface area contributed by atoms with Crippen molar-refractivity contribution >= 4 is 6.03 Å². The molecule has 25 heavy (non-hydrogen) atoms. The van der Waals surface area contributed by atoms with Crippen molar-refractivity contribution in [2.45, 2.75) is 31.2 Å². The minimum absolute atomic E-state index is 0.0503. The lowest BCUT2D eigenvalue weighted by Crippen LogP contribution is -2.45. The molecule has 0 spiro atoms. The number of nitrogens with zero attached hydrogens (tertiary/aromatic N) is 1. The van der Waals surface area contributed by atoms with Crippen LogP contribution in [-0.2, 0) is 18.4 Å². The van der Waals surface area contributed by atoms with Gasteiger partial charge in [0.05, 0.1) is 7.11 Å². The van der Waals surface area contributed by atoms with Crippen LogP contribution < -0.4 is 10.1 Å². The second kappa shape index (κ2) is 6.43. The Morgan fingerprint density at radius 2 is 1.84 bits per heavy atom. The van der Waals surface area contributed by atoms with Gasteiger partial charge in [-0.05, 0) is 48.1 Å². The quantitative estimate of drug-likeness (QED) is 0.928. The highest BCUT2D eigenvalue weighted by atomic mass is 16.5. The van der Waals surface area contributed by atoms with E-state index in [9.17, 15) is 4.79 Å². The van der Waals surface area contributed by atoms with Gasteiger partial charge in [0.2, 0.25) is 0 Å². The molecule has 2 aliphatic rings. The van der Waals surface area contributed by atoms with Crippen molar-refractivity contribution in [3.05, 3.63) is 65.2 Å². The number of hydrogen-bond acceptors (Lipinski definition) is 2. The Morgan fingerprint density at radius 3 is 2.52 bits per heavy atom. The predicted molar refractivity (Wildman–Crippen MR) is 97.9 cm³/mol. The van der Waals surface area contributed by atoms with Crippen molar-refractivity contribution in [2.24, 2.45) is 0 Å². The first kappa shape index (κ1) is 16.0. The van der Waals surface area contributed by atoms with Crippen LogP contribution in [0.1, 0.15) is 29.5 Å². The lowest BCUT2D eigenvalue weighted by atomic mass is 9.96. The van der Waals surface area contributed by atoms with E-state index in [0.717, 1.165) is 31.6 Å². The molecule has 4 heteroatoms. The zero-order valence-electron chi connectivity index (χ0n) is 14.6. The molecular weight excluding hydrogens is 312 g/mol. The number of nitrogens with one attached hydrogen (secondary N) is 1. The zero-order chi connectivity index (χ0) is 17.3. The summed E-state index contributed by atoms with van der Waals surface area (Å²) < 4.78 is 5.23. The van der Waals surface area contributed by atoms with Gasteiger partial charge < -0.3 is 15.0 Å². The third kappa shape index (κ3) is 3.21. The molecule has 1 aliphatic carbocycles. The molecule has 130 valence electrons. The van der Waals surface area contributed by atoms with Gasteiger partial charge >= 0.3 is 6.03 Å². The number of methoxy groups -OCH3 is 1. The first-order valence-electron chi connectivity index (χ1n) is 8.94. The maximum atomic E-state index is 12.6. The molecule has 1 aliphatic heterocycles. The molecule has 2 aromatic rings. The molecular formula is C21H24N2O2. The molecule has 0 saturated heterocycles. The molecule has 1 saturated carbocycles. The van der Waals surface area contributed by atoms with Gasteiger partial charge in [-0.15, -0.1) is 0 Å². The fraction of sp³-hybridized carbons (Fsp3) is 0.381. The van der Waals surface area contributed by atoms with Crippen LogP contribution in [0, 0.1) is 0 Å². The number of carbonyl (C=O) groups excluding carboxylic acids is 1. The number of amides is 2. The second-order valence-electron chi connectivity index (χ2n) is 7.11. The second-order valence-corrected chi connectivity index (χ2v) is 7.11. The van der Waals surface area contributed by atoms with E-state index in [0.29, 0.717) is 13.1 Å². The molecule has 0 radical (unpaired) electrons. The molecule has 4 nitrogen and oxygen atoms in total. The van der Waals surface area contributed by atoms with Crippen molar-refractivity contribution in [2.75, 3.05) is 20.2 Å². The van der Waals surface area contributed by atoms with Gasteiger partial charge in [-0.2, -0.15) is 0 Å². The van der Waals surface area contributed by atoms with E-state index in [2.05, 4.69) is 35.6 Å². The number of urea groups is 1. The lowest BCUT2D eigenvalue weighted by molar-refractivity contribution is 0.191. The third-order valence-corrected chi connectivity index (χ3v) is 5.55. The van der Waals surface area contributed by atoms with E-state index in [4.69, 9.17) is 4.74 Å². The fourth-order valence-corrected chi connectivity index (χ4v) is 3.69. The van der Waals surface area contributed by atoms with Crippen molar-refractivity contribution < 1.29 is 9.53 Å². The number of ether oxygens (including phenoxy) is 1. The van der Waals surface area contributed by atoms with Crippen LogP contribution in [0.2, 0.25) is 0 Å². The predicted octanol–water partition coefficient (Wildman–Crippen LogP) is 3.49. The van der Waals surface area contributed by atoms with Gasteiger partial charge in [-0.1, -0.05) is 36.4 Å². The summed E-state index contributed by atoms with van der Waals surface area (Å²) in [5, 5.41) is 3.17. The van der Waals surface area contributed by atoms with Crippen LogP contribution in [0.15, 0.2) is 48.5 Å². The highest BCUT2D eigenvalue weighted by Crippen LogP contribution is 2.47. The molecule has 0 bridgehead atoms. The van der Waals surface area contributed by atoms with Crippen LogP contribution in [0.4, 0.5) is 4.79 Å². The summed E-state index contributed by atoms with van der Waals surface area (Å²) in [5.74, 6) is 0.871. The summed E-state index contributed by atoms with van der Waals surface area (Å²) in [7, 11) is 1.68. The Morgan fingerprint density at radius 1 is 1.12 bits per heavy atom. The summed E-state index contributed by atoms with van der Waals surface area (Å²) in [6.07, 6.45) is 3.19. The average Bonchev–Trinajstić information content (AvgIpc) is 3.47. The van der Waals surface area contributed by atoms with Gasteiger partial charge in [0.1, 0.15) is 5.75 Å². The van der Waals surface area contributed by atoms with Gasteiger partial charge in [-0.3, -0.25) is 0 Å². The normalized spacial score (nSPS) is 17.6. The standard InChI is InChI=1S/C21H24N2O2/c1-25-19-8-6-18(7-9-19)21(11-12-21)15-22-20(24)23-13-10-16-4-2-3-5-17(16)14-23/h2-9H,10-15H2,1H3,(H,22,24). The van der Waals surface area contributed by atoms with E-state index in [1.807, 2.05) is 23.1 Å². The van der Waals surface area contributed by atoms with Gasteiger partial charge in [0.15, 0.2) is 0 Å². The van der Waals surface area contributed by atoms with Crippen molar-refractivity contribution in [1.29, 1.82) is 0 Å². The first-order valence-corrected chi connectivity index (χ1v) is 8.94. The van der Waals surface area contributed by atoms with Crippen molar-refractivity contribution in [3.63, 3.8) is 0 Å². The van der Waals surface area contributed by atoms with Crippen LogP contribution >= 0.6 is 0 Å². The minimum Gasteiger partial charge on any atom is -0.497 e. The maximum Gasteiger partial charge on any atom is 0.317 e. The maximum absolute atomic E-state index is 12.6. The van der Waals surface area contributed by atoms with E-state index >= 15 is 0 Å². The number of rotatable bonds is 4. The smallest absolute Gasteiger partial charge is 0.317 e. The Labute approximate surface area is 148 Å². The number of hydrogen-bond donors (Lipinski definition) is 1. The summed E-state index contributed by atoms with van der Waals surface area (Å²) in [6.45, 7) is 2.20. The Kier molecular flexibility index (Phi) is 4.12. The molecule has 0 aromatic heterocycles. The first-order chi connectivity index (χ1) is 12.2. The van der Waals surface area contributed by atoms with Crippen LogP contribution in [0.5, 0.6) is 5.75 Å². The van der Waals surface area contributed by atoms with Gasteiger partial charge in [0, 0.05) is 25.0 Å². The summed E-state index contributed by atoms with van der Waals surface area (Å²) in [4.78, 5) is 14.5. The van der Waals surface area contributed by atoms with E-state index in [-0.39, 0.29) is 11.4 Å². The molecule has 0 atom stereocenters. The van der Waals surface area contributed by atoms with E-state index in [1.54, 1.807) is 7.11 Å². The zero-order valence-corrected chi connectivity index (χ0v) is 14.6. The van der Waals surface area contributed by atoms with Crippen LogP contribution in [-0.4, -0.2) is 31.1 Å². The Hall–Kier alpha value is -2.49.